The van der Waals surface area contributed by atoms with Gasteiger partial charge in [0.25, 0.3) is 0 Å². The first-order valence-electron chi connectivity index (χ1n) is 11.2. The number of benzene rings is 2. The maximum atomic E-state index is 11.8. The van der Waals surface area contributed by atoms with Crippen LogP contribution in [0.25, 0.3) is 11.5 Å². The number of carboxylic acid groups (broad SMARTS) is 1. The highest BCUT2D eigenvalue weighted by Crippen LogP contribution is 2.22. The van der Waals surface area contributed by atoms with E-state index in [1.807, 2.05) is 75.4 Å². The van der Waals surface area contributed by atoms with Crippen molar-refractivity contribution in [2.45, 2.75) is 40.0 Å². The topological polar surface area (TPSA) is 94.2 Å². The van der Waals surface area contributed by atoms with Gasteiger partial charge in [0, 0.05) is 12.0 Å². The van der Waals surface area contributed by atoms with Crippen molar-refractivity contribution < 1.29 is 23.9 Å². The van der Waals surface area contributed by atoms with Gasteiger partial charge in [-0.3, -0.25) is 4.79 Å². The molecule has 0 spiro atoms. The number of oxime groups is 1. The van der Waals surface area contributed by atoms with Crippen molar-refractivity contribution in [3.05, 3.63) is 71.6 Å². The molecule has 7 nitrogen and oxygen atoms in total. The van der Waals surface area contributed by atoms with Crippen molar-refractivity contribution >= 4 is 11.7 Å². The molecule has 0 aliphatic heterocycles. The van der Waals surface area contributed by atoms with Crippen LogP contribution in [0.5, 0.6) is 5.75 Å². The molecule has 0 aliphatic rings. The Hall–Kier alpha value is -3.61. The number of ether oxygens (including phenoxy) is 1. The van der Waals surface area contributed by atoms with Crippen LogP contribution >= 0.6 is 0 Å². The Labute approximate surface area is 194 Å². The van der Waals surface area contributed by atoms with Crippen LogP contribution in [-0.4, -0.2) is 35.0 Å². The molecule has 1 aromatic heterocycles. The first-order chi connectivity index (χ1) is 16.0. The summed E-state index contributed by atoms with van der Waals surface area (Å²) in [4.78, 5) is 21.4. The van der Waals surface area contributed by atoms with E-state index in [2.05, 4.69) is 10.1 Å². The lowest BCUT2D eigenvalue weighted by atomic mass is 9.93. The normalized spacial score (nSPS) is 12.4. The van der Waals surface area contributed by atoms with Crippen molar-refractivity contribution in [1.29, 1.82) is 0 Å². The highest BCUT2D eigenvalue weighted by Gasteiger charge is 2.24. The predicted molar refractivity (Wildman–Crippen MR) is 126 cm³/mol. The minimum absolute atomic E-state index is 0.343. The van der Waals surface area contributed by atoms with Gasteiger partial charge >= 0.3 is 5.97 Å². The number of aliphatic carboxylic acids is 1. The van der Waals surface area contributed by atoms with E-state index in [1.54, 1.807) is 0 Å². The molecular formula is C26H30N2O5. The van der Waals surface area contributed by atoms with Gasteiger partial charge < -0.3 is 19.1 Å². The van der Waals surface area contributed by atoms with Gasteiger partial charge in [0.15, 0.2) is 0 Å². The lowest BCUT2D eigenvalue weighted by Crippen LogP contribution is -2.26. The van der Waals surface area contributed by atoms with E-state index >= 15 is 0 Å². The summed E-state index contributed by atoms with van der Waals surface area (Å²) in [5.41, 5.74) is 3.24. The zero-order valence-electron chi connectivity index (χ0n) is 19.3. The van der Waals surface area contributed by atoms with Gasteiger partial charge in [-0.15, -0.1) is 0 Å². The SMILES string of the molecule is CCO/N=C(\CC)C(Cc1ccc(OCCc2nc(-c3ccccc3)oc2C)cc1)C(=O)O. The quantitative estimate of drug-likeness (QED) is 0.297. The molecule has 3 aromatic rings. The summed E-state index contributed by atoms with van der Waals surface area (Å²) in [6.07, 6.45) is 1.49. The Kier molecular flexibility index (Phi) is 8.63. The number of aryl methyl sites for hydroxylation is 1. The number of hydrogen-bond donors (Lipinski definition) is 1. The Balaban J connectivity index is 1.57. The fraction of sp³-hybridized carbons (Fsp3) is 0.346. The zero-order chi connectivity index (χ0) is 23.6. The lowest BCUT2D eigenvalue weighted by molar-refractivity contribution is -0.139. The number of nitrogens with zero attached hydrogens (tertiary/aromatic N) is 2. The third kappa shape index (κ3) is 6.68. The van der Waals surface area contributed by atoms with Crippen LogP contribution in [0.15, 0.2) is 64.2 Å². The van der Waals surface area contributed by atoms with Gasteiger partial charge in [-0.05, 0) is 56.5 Å². The van der Waals surface area contributed by atoms with Crippen LogP contribution in [0.1, 0.15) is 37.3 Å². The summed E-state index contributed by atoms with van der Waals surface area (Å²) < 4.78 is 11.7. The minimum Gasteiger partial charge on any atom is -0.493 e. The first kappa shape index (κ1) is 24.0. The van der Waals surface area contributed by atoms with E-state index in [0.29, 0.717) is 49.8 Å². The molecule has 0 radical (unpaired) electrons. The monoisotopic (exact) mass is 450 g/mol. The molecular weight excluding hydrogens is 420 g/mol. The molecule has 0 fully saturated rings. The Morgan fingerprint density at radius 2 is 1.85 bits per heavy atom. The average molecular weight is 451 g/mol. The Morgan fingerprint density at radius 1 is 1.12 bits per heavy atom. The van der Waals surface area contributed by atoms with Crippen LogP contribution in [0.4, 0.5) is 0 Å². The molecule has 0 bridgehead atoms. The molecule has 0 amide bonds. The molecule has 3 rings (SSSR count). The minimum atomic E-state index is -0.909. The second-order valence-corrected chi connectivity index (χ2v) is 7.58. The zero-order valence-corrected chi connectivity index (χ0v) is 19.3. The fourth-order valence-electron chi connectivity index (χ4n) is 3.46. The number of rotatable bonds is 12. The summed E-state index contributed by atoms with van der Waals surface area (Å²) in [6, 6.07) is 17.3. The van der Waals surface area contributed by atoms with Crippen molar-refractivity contribution in [2.24, 2.45) is 11.1 Å². The Bertz CT molecular complexity index is 1060. The van der Waals surface area contributed by atoms with E-state index in [0.717, 1.165) is 22.6 Å². The molecule has 7 heteroatoms. The number of carbonyl (C=O) groups is 1. The molecule has 33 heavy (non-hydrogen) atoms. The van der Waals surface area contributed by atoms with Gasteiger partial charge in [-0.2, -0.15) is 0 Å². The Morgan fingerprint density at radius 3 is 2.48 bits per heavy atom. The van der Waals surface area contributed by atoms with Gasteiger partial charge in [0.1, 0.15) is 24.0 Å². The highest BCUT2D eigenvalue weighted by molar-refractivity contribution is 6.01. The van der Waals surface area contributed by atoms with E-state index in [9.17, 15) is 9.90 Å². The average Bonchev–Trinajstić information content (AvgIpc) is 3.20. The lowest BCUT2D eigenvalue weighted by Gasteiger charge is -2.14. The second kappa shape index (κ2) is 11.9. The van der Waals surface area contributed by atoms with Gasteiger partial charge in [-0.1, -0.05) is 42.4 Å². The molecule has 1 unspecified atom stereocenters. The molecule has 1 heterocycles. The summed E-state index contributed by atoms with van der Waals surface area (Å²) >= 11 is 0. The number of aromatic nitrogens is 1. The third-order valence-corrected chi connectivity index (χ3v) is 5.26. The van der Waals surface area contributed by atoms with Crippen molar-refractivity contribution in [3.63, 3.8) is 0 Å². The summed E-state index contributed by atoms with van der Waals surface area (Å²) in [5.74, 6) is 0.484. The first-order valence-corrected chi connectivity index (χ1v) is 11.2. The van der Waals surface area contributed by atoms with Crippen molar-refractivity contribution in [2.75, 3.05) is 13.2 Å². The second-order valence-electron chi connectivity index (χ2n) is 7.58. The maximum Gasteiger partial charge on any atom is 0.312 e. The maximum absolute atomic E-state index is 11.8. The van der Waals surface area contributed by atoms with Gasteiger partial charge in [0.05, 0.1) is 18.0 Å². The van der Waals surface area contributed by atoms with Crippen molar-refractivity contribution in [3.8, 4) is 17.2 Å². The third-order valence-electron chi connectivity index (χ3n) is 5.26. The number of carboxylic acids is 1. The van der Waals surface area contributed by atoms with Gasteiger partial charge in [0.2, 0.25) is 5.89 Å². The smallest absolute Gasteiger partial charge is 0.312 e. The van der Waals surface area contributed by atoms with Crippen LogP contribution < -0.4 is 4.74 Å². The van der Waals surface area contributed by atoms with Crippen LogP contribution in [0.2, 0.25) is 0 Å². The van der Waals surface area contributed by atoms with Crippen LogP contribution in [-0.2, 0) is 22.5 Å². The van der Waals surface area contributed by atoms with E-state index in [-0.39, 0.29) is 0 Å². The molecule has 0 aliphatic carbocycles. The summed E-state index contributed by atoms with van der Waals surface area (Å²) in [6.45, 7) is 6.46. The highest BCUT2D eigenvalue weighted by atomic mass is 16.6. The van der Waals surface area contributed by atoms with Crippen molar-refractivity contribution in [1.82, 2.24) is 4.98 Å². The van der Waals surface area contributed by atoms with Gasteiger partial charge in [-0.25, -0.2) is 4.98 Å². The largest absolute Gasteiger partial charge is 0.493 e. The molecule has 2 aromatic carbocycles. The van der Waals surface area contributed by atoms with E-state index < -0.39 is 11.9 Å². The fourth-order valence-corrected chi connectivity index (χ4v) is 3.46. The van der Waals surface area contributed by atoms with E-state index in [4.69, 9.17) is 14.0 Å². The molecule has 0 saturated heterocycles. The summed E-state index contributed by atoms with van der Waals surface area (Å²) in [5, 5.41) is 13.6. The standard InChI is InChI=1S/C26H30N2O5/c1-4-23(28-32-5-2)22(26(29)30)17-19-11-13-21(14-12-19)31-16-15-24-18(3)33-25(27-24)20-9-7-6-8-10-20/h6-14,22H,4-5,15-17H2,1-3H3,(H,29,30)/b28-23+. The van der Waals surface area contributed by atoms with Crippen LogP contribution in [0, 0.1) is 12.8 Å². The summed E-state index contributed by atoms with van der Waals surface area (Å²) in [7, 11) is 0. The molecule has 174 valence electrons. The van der Waals surface area contributed by atoms with Crippen LogP contribution in [0.3, 0.4) is 0 Å². The molecule has 1 atom stereocenters. The molecule has 1 N–H and O–H groups in total. The number of hydrogen-bond acceptors (Lipinski definition) is 6. The molecule has 0 saturated carbocycles. The van der Waals surface area contributed by atoms with E-state index in [1.165, 1.54) is 0 Å². The number of oxazole rings is 1. The predicted octanol–water partition coefficient (Wildman–Crippen LogP) is 5.32.